The molecule has 1 aliphatic heterocycles. The van der Waals surface area contributed by atoms with Crippen molar-refractivity contribution in [1.82, 2.24) is 9.44 Å². The fourth-order valence-corrected chi connectivity index (χ4v) is 1.93. The van der Waals surface area contributed by atoms with Gasteiger partial charge in [-0.25, -0.2) is 4.72 Å². The lowest BCUT2D eigenvalue weighted by atomic mass is 10.2. The SMILES string of the molecule is CCC1CNS(=O)(=O)N1. The van der Waals surface area contributed by atoms with Crippen LogP contribution in [0, 0.1) is 0 Å². The van der Waals surface area contributed by atoms with E-state index >= 15 is 0 Å². The Kier molecular flexibility index (Phi) is 1.74. The Labute approximate surface area is 54.8 Å². The third kappa shape index (κ3) is 1.64. The predicted octanol–water partition coefficient (Wildman–Crippen LogP) is -0.797. The van der Waals surface area contributed by atoms with Crippen LogP contribution in [0.3, 0.4) is 0 Å². The fourth-order valence-electron chi connectivity index (χ4n) is 0.741. The molecule has 0 saturated carbocycles. The lowest BCUT2D eigenvalue weighted by molar-refractivity contribution is 0.579. The van der Waals surface area contributed by atoms with Crippen molar-refractivity contribution in [1.29, 1.82) is 0 Å². The first-order valence-electron chi connectivity index (χ1n) is 2.91. The van der Waals surface area contributed by atoms with Gasteiger partial charge in [-0.2, -0.15) is 13.1 Å². The standard InChI is InChI=1S/C4H10N2O2S/c1-2-4-3-5-9(7,8)6-4/h4-6H,2-3H2,1H3. The summed E-state index contributed by atoms with van der Waals surface area (Å²) in [7, 11) is -3.11. The number of nitrogens with one attached hydrogen (secondary N) is 2. The Bertz CT molecular complexity index is 187. The van der Waals surface area contributed by atoms with Gasteiger partial charge in [0.15, 0.2) is 0 Å². The molecule has 1 rings (SSSR count). The Morgan fingerprint density at radius 2 is 2.33 bits per heavy atom. The van der Waals surface area contributed by atoms with Crippen molar-refractivity contribution in [3.05, 3.63) is 0 Å². The summed E-state index contributed by atoms with van der Waals surface area (Å²) in [5.41, 5.74) is 0. The molecule has 0 radical (unpaired) electrons. The summed E-state index contributed by atoms with van der Waals surface area (Å²) < 4.78 is 26.0. The molecule has 1 heterocycles. The molecule has 5 heteroatoms. The Morgan fingerprint density at radius 1 is 1.67 bits per heavy atom. The minimum atomic E-state index is -3.11. The maximum absolute atomic E-state index is 10.6. The molecule has 1 atom stereocenters. The van der Waals surface area contributed by atoms with E-state index in [1.165, 1.54) is 0 Å². The van der Waals surface area contributed by atoms with Crippen LogP contribution in [0.4, 0.5) is 0 Å². The first kappa shape index (κ1) is 6.98. The summed E-state index contributed by atoms with van der Waals surface area (Å²) in [5.74, 6) is 0. The van der Waals surface area contributed by atoms with Gasteiger partial charge in [0.05, 0.1) is 0 Å². The van der Waals surface area contributed by atoms with Crippen LogP contribution >= 0.6 is 0 Å². The van der Waals surface area contributed by atoms with E-state index in [0.29, 0.717) is 6.54 Å². The number of hydrogen-bond donors (Lipinski definition) is 2. The molecule has 2 N–H and O–H groups in total. The summed E-state index contributed by atoms with van der Waals surface area (Å²) in [6.45, 7) is 2.47. The molecule has 1 aliphatic rings. The summed E-state index contributed by atoms with van der Waals surface area (Å²) >= 11 is 0. The van der Waals surface area contributed by atoms with Crippen molar-refractivity contribution in [3.8, 4) is 0 Å². The van der Waals surface area contributed by atoms with Gasteiger partial charge in [-0.1, -0.05) is 6.92 Å². The van der Waals surface area contributed by atoms with Crippen molar-refractivity contribution in [3.63, 3.8) is 0 Å². The quantitative estimate of drug-likeness (QED) is 0.514. The van der Waals surface area contributed by atoms with E-state index in [4.69, 9.17) is 0 Å². The van der Waals surface area contributed by atoms with Crippen molar-refractivity contribution >= 4 is 10.2 Å². The summed E-state index contributed by atoms with van der Waals surface area (Å²) in [6, 6.07) is 0.0926. The van der Waals surface area contributed by atoms with Gasteiger partial charge < -0.3 is 0 Å². The zero-order valence-corrected chi connectivity index (χ0v) is 6.03. The second-order valence-corrected chi connectivity index (χ2v) is 3.61. The lowest BCUT2D eigenvalue weighted by Gasteiger charge is -1.99. The van der Waals surface area contributed by atoms with Crippen LogP contribution in [0.15, 0.2) is 0 Å². The smallest absolute Gasteiger partial charge is 0.201 e. The number of hydrogen-bond acceptors (Lipinski definition) is 2. The average molecular weight is 150 g/mol. The highest BCUT2D eigenvalue weighted by molar-refractivity contribution is 7.87. The molecule has 4 nitrogen and oxygen atoms in total. The zero-order chi connectivity index (χ0) is 6.91. The highest BCUT2D eigenvalue weighted by atomic mass is 32.2. The molecule has 0 spiro atoms. The van der Waals surface area contributed by atoms with E-state index in [1.807, 2.05) is 6.92 Å². The first-order chi connectivity index (χ1) is 4.14. The second-order valence-electron chi connectivity index (χ2n) is 2.07. The summed E-state index contributed by atoms with van der Waals surface area (Å²) in [5, 5.41) is 0. The van der Waals surface area contributed by atoms with Gasteiger partial charge in [-0.15, -0.1) is 0 Å². The van der Waals surface area contributed by atoms with Crippen LogP contribution in [0.2, 0.25) is 0 Å². The molecule has 1 unspecified atom stereocenters. The number of rotatable bonds is 1. The normalized spacial score (nSPS) is 32.8. The maximum Gasteiger partial charge on any atom is 0.277 e. The Balaban J connectivity index is 2.58. The maximum atomic E-state index is 10.6. The van der Waals surface area contributed by atoms with E-state index in [0.717, 1.165) is 6.42 Å². The minimum Gasteiger partial charge on any atom is -0.201 e. The molecular weight excluding hydrogens is 140 g/mol. The van der Waals surface area contributed by atoms with Crippen molar-refractivity contribution in [2.75, 3.05) is 6.54 Å². The molecule has 1 fully saturated rings. The molecule has 1 saturated heterocycles. The van der Waals surface area contributed by atoms with E-state index in [-0.39, 0.29) is 6.04 Å². The molecular formula is C4H10N2O2S. The predicted molar refractivity (Wildman–Crippen MR) is 34.1 cm³/mol. The van der Waals surface area contributed by atoms with Crippen molar-refractivity contribution in [2.24, 2.45) is 0 Å². The fraction of sp³-hybridized carbons (Fsp3) is 1.00. The van der Waals surface area contributed by atoms with Gasteiger partial charge in [0.2, 0.25) is 0 Å². The van der Waals surface area contributed by atoms with Gasteiger partial charge in [0.1, 0.15) is 0 Å². The van der Waals surface area contributed by atoms with Gasteiger partial charge in [-0.3, -0.25) is 0 Å². The Hall–Kier alpha value is -0.130. The Morgan fingerprint density at radius 3 is 2.56 bits per heavy atom. The summed E-state index contributed by atoms with van der Waals surface area (Å²) in [6.07, 6.45) is 0.840. The van der Waals surface area contributed by atoms with Crippen LogP contribution in [-0.4, -0.2) is 21.0 Å². The lowest BCUT2D eigenvalue weighted by Crippen LogP contribution is -2.26. The third-order valence-electron chi connectivity index (χ3n) is 1.33. The average Bonchev–Trinajstić information content (AvgIpc) is 2.10. The highest BCUT2D eigenvalue weighted by Crippen LogP contribution is 1.98. The molecule has 54 valence electrons. The van der Waals surface area contributed by atoms with E-state index < -0.39 is 10.2 Å². The van der Waals surface area contributed by atoms with Crippen LogP contribution in [-0.2, 0) is 10.2 Å². The highest BCUT2D eigenvalue weighted by Gasteiger charge is 2.23. The molecule has 0 aromatic heterocycles. The molecule has 0 amide bonds. The van der Waals surface area contributed by atoms with Crippen molar-refractivity contribution in [2.45, 2.75) is 19.4 Å². The van der Waals surface area contributed by atoms with E-state index in [9.17, 15) is 8.42 Å². The first-order valence-corrected chi connectivity index (χ1v) is 4.39. The molecule has 0 aromatic carbocycles. The van der Waals surface area contributed by atoms with Crippen LogP contribution in [0.5, 0.6) is 0 Å². The molecule has 9 heavy (non-hydrogen) atoms. The van der Waals surface area contributed by atoms with Gasteiger partial charge in [0, 0.05) is 12.6 Å². The van der Waals surface area contributed by atoms with Crippen LogP contribution in [0.1, 0.15) is 13.3 Å². The second kappa shape index (κ2) is 2.24. The summed E-state index contributed by atoms with van der Waals surface area (Å²) in [4.78, 5) is 0. The molecule has 0 aromatic rings. The molecule has 0 aliphatic carbocycles. The van der Waals surface area contributed by atoms with Crippen molar-refractivity contribution < 1.29 is 8.42 Å². The molecule has 0 bridgehead atoms. The van der Waals surface area contributed by atoms with Gasteiger partial charge >= 0.3 is 0 Å². The minimum absolute atomic E-state index is 0.0926. The van der Waals surface area contributed by atoms with Gasteiger partial charge in [-0.05, 0) is 6.42 Å². The zero-order valence-electron chi connectivity index (χ0n) is 5.22. The van der Waals surface area contributed by atoms with E-state index in [1.54, 1.807) is 0 Å². The van der Waals surface area contributed by atoms with Gasteiger partial charge in [0.25, 0.3) is 10.2 Å². The topological polar surface area (TPSA) is 58.2 Å². The third-order valence-corrected chi connectivity index (χ3v) is 2.52. The largest absolute Gasteiger partial charge is 0.277 e. The van der Waals surface area contributed by atoms with Crippen LogP contribution in [0.25, 0.3) is 0 Å². The monoisotopic (exact) mass is 150 g/mol. The van der Waals surface area contributed by atoms with E-state index in [2.05, 4.69) is 9.44 Å². The van der Waals surface area contributed by atoms with Crippen LogP contribution < -0.4 is 9.44 Å².